The van der Waals surface area contributed by atoms with Gasteiger partial charge in [-0.3, -0.25) is 4.90 Å². The van der Waals surface area contributed by atoms with E-state index in [1.54, 1.807) is 0 Å². The zero-order valence-corrected chi connectivity index (χ0v) is 9.86. The van der Waals surface area contributed by atoms with Crippen LogP contribution >= 0.6 is 0 Å². The van der Waals surface area contributed by atoms with Crippen LogP contribution in [0.1, 0.15) is 25.3 Å². The van der Waals surface area contributed by atoms with E-state index in [0.29, 0.717) is 6.10 Å². The Morgan fingerprint density at radius 2 is 2.12 bits per heavy atom. The Morgan fingerprint density at radius 3 is 2.94 bits per heavy atom. The smallest absolute Gasteiger partial charge is 0.124 e. The molecule has 0 aromatic heterocycles. The Labute approximate surface area is 97.2 Å². The molecule has 86 valence electrons. The summed E-state index contributed by atoms with van der Waals surface area (Å²) >= 11 is 0. The molecule has 0 radical (unpaired) electrons. The normalized spacial score (nSPS) is 25.7. The third kappa shape index (κ3) is 2.22. The van der Waals surface area contributed by atoms with Crippen molar-refractivity contribution in [2.75, 3.05) is 13.1 Å². The average molecular weight is 217 g/mol. The van der Waals surface area contributed by atoms with Gasteiger partial charge in [0.15, 0.2) is 0 Å². The van der Waals surface area contributed by atoms with Gasteiger partial charge in [0.1, 0.15) is 11.9 Å². The van der Waals surface area contributed by atoms with E-state index in [0.717, 1.165) is 24.8 Å². The second-order valence-electron chi connectivity index (χ2n) is 5.17. The summed E-state index contributed by atoms with van der Waals surface area (Å²) in [6.07, 6.45) is 3.16. The Morgan fingerprint density at radius 1 is 1.31 bits per heavy atom. The van der Waals surface area contributed by atoms with Gasteiger partial charge in [-0.15, -0.1) is 0 Å². The standard InChI is InChI=1S/C14H19NO/c1-11-8-15(9-12-6-7-12)10-13-4-2-3-5-14(13)16-11/h2-5,11-12H,6-10H2,1H3/t11-/m1/s1. The van der Waals surface area contributed by atoms with Crippen LogP contribution in [0.5, 0.6) is 5.75 Å². The molecule has 1 atom stereocenters. The van der Waals surface area contributed by atoms with Gasteiger partial charge in [0.2, 0.25) is 0 Å². The third-order valence-corrected chi connectivity index (χ3v) is 3.42. The van der Waals surface area contributed by atoms with Crippen LogP contribution in [0.25, 0.3) is 0 Å². The van der Waals surface area contributed by atoms with E-state index in [1.807, 2.05) is 0 Å². The molecule has 0 unspecified atom stereocenters. The molecule has 1 aromatic carbocycles. The highest BCUT2D eigenvalue weighted by atomic mass is 16.5. The minimum absolute atomic E-state index is 0.308. The molecule has 3 rings (SSSR count). The summed E-state index contributed by atoms with van der Waals surface area (Å²) in [4.78, 5) is 2.55. The maximum Gasteiger partial charge on any atom is 0.124 e. The molecule has 2 aliphatic rings. The summed E-state index contributed by atoms with van der Waals surface area (Å²) in [5, 5.41) is 0. The maximum atomic E-state index is 5.95. The van der Waals surface area contributed by atoms with Gasteiger partial charge in [-0.25, -0.2) is 0 Å². The van der Waals surface area contributed by atoms with Gasteiger partial charge in [-0.05, 0) is 31.7 Å². The lowest BCUT2D eigenvalue weighted by atomic mass is 10.2. The predicted molar refractivity (Wildman–Crippen MR) is 64.5 cm³/mol. The van der Waals surface area contributed by atoms with E-state index in [-0.39, 0.29) is 0 Å². The first-order valence-corrected chi connectivity index (χ1v) is 6.28. The van der Waals surface area contributed by atoms with Gasteiger partial charge >= 0.3 is 0 Å². The van der Waals surface area contributed by atoms with Crippen molar-refractivity contribution < 1.29 is 4.74 Å². The monoisotopic (exact) mass is 217 g/mol. The number of hydrogen-bond acceptors (Lipinski definition) is 2. The van der Waals surface area contributed by atoms with E-state index >= 15 is 0 Å². The molecule has 0 N–H and O–H groups in total. The molecule has 2 nitrogen and oxygen atoms in total. The fourth-order valence-electron chi connectivity index (χ4n) is 2.48. The highest BCUT2D eigenvalue weighted by Gasteiger charge is 2.27. The van der Waals surface area contributed by atoms with Crippen LogP contribution in [0, 0.1) is 5.92 Å². The fourth-order valence-corrected chi connectivity index (χ4v) is 2.48. The van der Waals surface area contributed by atoms with Crippen LogP contribution in [0.15, 0.2) is 24.3 Å². The lowest BCUT2D eigenvalue weighted by molar-refractivity contribution is 0.157. The molecule has 0 saturated heterocycles. The molecule has 1 saturated carbocycles. The molecule has 1 aliphatic heterocycles. The van der Waals surface area contributed by atoms with Crippen molar-refractivity contribution in [1.29, 1.82) is 0 Å². The minimum Gasteiger partial charge on any atom is -0.489 e. The Kier molecular flexibility index (Phi) is 2.60. The zero-order chi connectivity index (χ0) is 11.0. The molecule has 16 heavy (non-hydrogen) atoms. The molecule has 1 aliphatic carbocycles. The summed E-state index contributed by atoms with van der Waals surface area (Å²) < 4.78 is 5.95. The highest BCUT2D eigenvalue weighted by Crippen LogP contribution is 2.32. The molecule has 2 heteroatoms. The average Bonchev–Trinajstić information content (AvgIpc) is 3.04. The van der Waals surface area contributed by atoms with Gasteiger partial charge in [0.25, 0.3) is 0 Å². The van der Waals surface area contributed by atoms with E-state index in [2.05, 4.69) is 36.1 Å². The number of fused-ring (bicyclic) bond motifs is 1. The van der Waals surface area contributed by atoms with E-state index in [1.165, 1.54) is 24.9 Å². The van der Waals surface area contributed by atoms with E-state index in [9.17, 15) is 0 Å². The van der Waals surface area contributed by atoms with Crippen molar-refractivity contribution in [2.45, 2.75) is 32.4 Å². The summed E-state index contributed by atoms with van der Waals surface area (Å²) in [6.45, 7) is 5.53. The Bertz CT molecular complexity index is 373. The summed E-state index contributed by atoms with van der Waals surface area (Å²) in [5.74, 6) is 2.03. The first-order chi connectivity index (χ1) is 7.81. The number of ether oxygens (including phenoxy) is 1. The fraction of sp³-hybridized carbons (Fsp3) is 0.571. The van der Waals surface area contributed by atoms with Gasteiger partial charge < -0.3 is 4.74 Å². The topological polar surface area (TPSA) is 12.5 Å². The van der Waals surface area contributed by atoms with E-state index < -0.39 is 0 Å². The van der Waals surface area contributed by atoms with Crippen LogP contribution in [0.3, 0.4) is 0 Å². The van der Waals surface area contributed by atoms with Gasteiger partial charge in [-0.2, -0.15) is 0 Å². The number of rotatable bonds is 2. The number of benzene rings is 1. The SMILES string of the molecule is C[C@@H]1CN(CC2CC2)Cc2ccccc2O1. The van der Waals surface area contributed by atoms with Crippen LogP contribution in [-0.4, -0.2) is 24.1 Å². The molecule has 0 amide bonds. The molecular weight excluding hydrogens is 198 g/mol. The second kappa shape index (κ2) is 4.10. The van der Waals surface area contributed by atoms with Crippen molar-refractivity contribution in [3.63, 3.8) is 0 Å². The third-order valence-electron chi connectivity index (χ3n) is 3.42. The highest BCUT2D eigenvalue weighted by molar-refractivity contribution is 5.34. The quantitative estimate of drug-likeness (QED) is 0.755. The molecule has 1 heterocycles. The van der Waals surface area contributed by atoms with Crippen LogP contribution in [0.2, 0.25) is 0 Å². The largest absolute Gasteiger partial charge is 0.489 e. The zero-order valence-electron chi connectivity index (χ0n) is 9.86. The summed E-state index contributed by atoms with van der Waals surface area (Å²) in [7, 11) is 0. The van der Waals surface area contributed by atoms with Crippen molar-refractivity contribution in [3.05, 3.63) is 29.8 Å². The second-order valence-corrected chi connectivity index (χ2v) is 5.17. The lowest BCUT2D eigenvalue weighted by Gasteiger charge is -2.21. The predicted octanol–water partition coefficient (Wildman–Crippen LogP) is 2.68. The van der Waals surface area contributed by atoms with Gasteiger partial charge in [0, 0.05) is 25.2 Å². The van der Waals surface area contributed by atoms with Crippen LogP contribution in [0.4, 0.5) is 0 Å². The van der Waals surface area contributed by atoms with Gasteiger partial charge in [0.05, 0.1) is 0 Å². The lowest BCUT2D eigenvalue weighted by Crippen LogP contribution is -2.32. The van der Waals surface area contributed by atoms with Crippen molar-refractivity contribution in [1.82, 2.24) is 4.90 Å². The number of para-hydroxylation sites is 1. The van der Waals surface area contributed by atoms with E-state index in [4.69, 9.17) is 4.74 Å². The molecule has 1 aromatic rings. The molecule has 1 fully saturated rings. The van der Waals surface area contributed by atoms with Crippen LogP contribution < -0.4 is 4.74 Å². The van der Waals surface area contributed by atoms with Crippen molar-refractivity contribution in [2.24, 2.45) is 5.92 Å². The minimum atomic E-state index is 0.308. The van der Waals surface area contributed by atoms with Gasteiger partial charge in [-0.1, -0.05) is 18.2 Å². The Balaban J connectivity index is 1.79. The summed E-state index contributed by atoms with van der Waals surface area (Å²) in [5.41, 5.74) is 1.34. The first-order valence-electron chi connectivity index (χ1n) is 6.28. The maximum absolute atomic E-state index is 5.95. The van der Waals surface area contributed by atoms with Crippen molar-refractivity contribution >= 4 is 0 Å². The number of hydrogen-bond donors (Lipinski definition) is 0. The molecular formula is C14H19NO. The molecule has 0 bridgehead atoms. The summed E-state index contributed by atoms with van der Waals surface area (Å²) in [6, 6.07) is 8.44. The van der Waals surface area contributed by atoms with Crippen molar-refractivity contribution in [3.8, 4) is 5.75 Å². The Hall–Kier alpha value is -1.02. The van der Waals surface area contributed by atoms with Crippen LogP contribution in [-0.2, 0) is 6.54 Å². The molecule has 0 spiro atoms. The number of nitrogens with zero attached hydrogens (tertiary/aromatic N) is 1. The first kappa shape index (κ1) is 10.2.